The zero-order valence-corrected chi connectivity index (χ0v) is 8.97. The van der Waals surface area contributed by atoms with Gasteiger partial charge in [-0.3, -0.25) is 9.89 Å². The Kier molecular flexibility index (Phi) is 2.95. The number of carbonyl (C=O) groups is 1. The van der Waals surface area contributed by atoms with Crippen molar-refractivity contribution in [1.29, 1.82) is 0 Å². The number of anilines is 2. The van der Waals surface area contributed by atoms with Gasteiger partial charge in [0.2, 0.25) is 5.91 Å². The first kappa shape index (κ1) is 11.0. The van der Waals surface area contributed by atoms with Crippen LogP contribution in [0.5, 0.6) is 5.75 Å². The monoisotopic (exact) mass is 232 g/mol. The summed E-state index contributed by atoms with van der Waals surface area (Å²) < 4.78 is 0. The summed E-state index contributed by atoms with van der Waals surface area (Å²) in [5.74, 6) is 0.188. The molecule has 2 rings (SSSR count). The summed E-state index contributed by atoms with van der Waals surface area (Å²) in [4.78, 5) is 11.7. The summed E-state index contributed by atoms with van der Waals surface area (Å²) in [6.07, 6.45) is 1.49. The van der Waals surface area contributed by atoms with Gasteiger partial charge in [-0.1, -0.05) is 18.2 Å². The molecule has 1 aromatic heterocycles. The van der Waals surface area contributed by atoms with Gasteiger partial charge in [0.05, 0.1) is 18.3 Å². The molecule has 6 nitrogen and oxygen atoms in total. The number of benzene rings is 1. The lowest BCUT2D eigenvalue weighted by Crippen LogP contribution is -2.15. The first-order valence-corrected chi connectivity index (χ1v) is 5.02. The number of aromatic nitrogens is 2. The molecule has 6 heteroatoms. The summed E-state index contributed by atoms with van der Waals surface area (Å²) in [6, 6.07) is 6.68. The molecule has 0 radical (unpaired) electrons. The summed E-state index contributed by atoms with van der Waals surface area (Å²) in [5, 5.41) is 18.3. The van der Waals surface area contributed by atoms with E-state index in [1.807, 2.05) is 0 Å². The number of phenols is 1. The quantitative estimate of drug-likeness (QED) is 0.630. The Morgan fingerprint density at radius 1 is 1.47 bits per heavy atom. The molecule has 1 aromatic carbocycles. The van der Waals surface area contributed by atoms with Crippen molar-refractivity contribution in [3.63, 3.8) is 0 Å². The molecule has 2 aromatic rings. The van der Waals surface area contributed by atoms with Gasteiger partial charge in [0, 0.05) is 5.56 Å². The molecule has 0 saturated heterocycles. The highest BCUT2D eigenvalue weighted by Crippen LogP contribution is 2.17. The number of hydrogen-bond acceptors (Lipinski definition) is 4. The second-order valence-electron chi connectivity index (χ2n) is 3.55. The van der Waals surface area contributed by atoms with E-state index in [1.54, 1.807) is 18.2 Å². The van der Waals surface area contributed by atoms with Crippen molar-refractivity contribution in [2.45, 2.75) is 6.42 Å². The van der Waals surface area contributed by atoms with Crippen LogP contribution in [0.25, 0.3) is 0 Å². The molecule has 0 fully saturated rings. The van der Waals surface area contributed by atoms with Crippen LogP contribution in [-0.2, 0) is 11.2 Å². The number of hydrogen-bond donors (Lipinski definition) is 4. The summed E-state index contributed by atoms with van der Waals surface area (Å²) in [7, 11) is 0. The largest absolute Gasteiger partial charge is 0.508 e. The highest BCUT2D eigenvalue weighted by molar-refractivity contribution is 5.94. The number of carbonyl (C=O) groups excluding carboxylic acids is 1. The van der Waals surface area contributed by atoms with Gasteiger partial charge in [0.15, 0.2) is 5.82 Å². The van der Waals surface area contributed by atoms with Crippen molar-refractivity contribution >= 4 is 17.4 Å². The van der Waals surface area contributed by atoms with Crippen LogP contribution >= 0.6 is 0 Å². The smallest absolute Gasteiger partial charge is 0.230 e. The van der Waals surface area contributed by atoms with E-state index >= 15 is 0 Å². The first-order chi connectivity index (χ1) is 8.16. The number of nitrogens with two attached hydrogens (primary N) is 1. The fraction of sp³-hybridized carbons (Fsp3) is 0.0909. The van der Waals surface area contributed by atoms with Gasteiger partial charge in [-0.15, -0.1) is 0 Å². The van der Waals surface area contributed by atoms with Crippen molar-refractivity contribution < 1.29 is 9.90 Å². The average Bonchev–Trinajstić information content (AvgIpc) is 2.68. The Balaban J connectivity index is 2.03. The number of amides is 1. The van der Waals surface area contributed by atoms with Gasteiger partial charge in [0.25, 0.3) is 0 Å². The van der Waals surface area contributed by atoms with Crippen molar-refractivity contribution in [1.82, 2.24) is 10.2 Å². The van der Waals surface area contributed by atoms with E-state index in [1.165, 1.54) is 12.3 Å². The number of rotatable bonds is 3. The van der Waals surface area contributed by atoms with Crippen LogP contribution in [0.1, 0.15) is 5.56 Å². The van der Waals surface area contributed by atoms with E-state index < -0.39 is 0 Å². The maximum absolute atomic E-state index is 11.7. The molecule has 0 aliphatic rings. The molecule has 0 aliphatic carbocycles. The third-order valence-electron chi connectivity index (χ3n) is 2.28. The zero-order valence-electron chi connectivity index (χ0n) is 8.97. The molecule has 1 amide bonds. The van der Waals surface area contributed by atoms with E-state index in [0.29, 0.717) is 17.1 Å². The van der Waals surface area contributed by atoms with E-state index in [4.69, 9.17) is 5.73 Å². The summed E-state index contributed by atoms with van der Waals surface area (Å²) in [6.45, 7) is 0. The van der Waals surface area contributed by atoms with Crippen LogP contribution in [-0.4, -0.2) is 21.2 Å². The summed E-state index contributed by atoms with van der Waals surface area (Å²) in [5.41, 5.74) is 6.48. The lowest BCUT2D eigenvalue weighted by Gasteiger charge is -2.05. The Morgan fingerprint density at radius 3 is 2.88 bits per heavy atom. The number of aromatic amines is 1. The topological polar surface area (TPSA) is 104 Å². The summed E-state index contributed by atoms with van der Waals surface area (Å²) >= 11 is 0. The third kappa shape index (κ3) is 2.54. The second kappa shape index (κ2) is 4.56. The first-order valence-electron chi connectivity index (χ1n) is 5.02. The van der Waals surface area contributed by atoms with Crippen LogP contribution in [0, 0.1) is 0 Å². The third-order valence-corrected chi connectivity index (χ3v) is 2.28. The van der Waals surface area contributed by atoms with Crippen molar-refractivity contribution in [3.05, 3.63) is 36.0 Å². The molecular weight excluding hydrogens is 220 g/mol. The lowest BCUT2D eigenvalue weighted by atomic mass is 10.1. The molecule has 0 atom stereocenters. The molecule has 0 bridgehead atoms. The van der Waals surface area contributed by atoms with E-state index in [-0.39, 0.29) is 18.1 Å². The van der Waals surface area contributed by atoms with Crippen LogP contribution in [0.2, 0.25) is 0 Å². The number of H-pyrrole nitrogens is 1. The molecule has 0 saturated carbocycles. The van der Waals surface area contributed by atoms with E-state index in [0.717, 1.165) is 0 Å². The van der Waals surface area contributed by atoms with Gasteiger partial charge >= 0.3 is 0 Å². The molecule has 0 spiro atoms. The van der Waals surface area contributed by atoms with Gasteiger partial charge in [0.1, 0.15) is 5.75 Å². The predicted molar refractivity (Wildman–Crippen MR) is 63.4 cm³/mol. The minimum Gasteiger partial charge on any atom is -0.508 e. The molecular formula is C11H12N4O2. The number of aromatic hydroxyl groups is 1. The van der Waals surface area contributed by atoms with Crippen LogP contribution in [0.4, 0.5) is 11.5 Å². The number of phenolic OH excluding ortho intramolecular Hbond substituents is 1. The fourth-order valence-corrected chi connectivity index (χ4v) is 1.41. The Bertz CT molecular complexity index is 536. The van der Waals surface area contributed by atoms with E-state index in [2.05, 4.69) is 15.5 Å². The normalized spacial score (nSPS) is 10.1. The van der Waals surface area contributed by atoms with Crippen molar-refractivity contribution in [2.24, 2.45) is 0 Å². The van der Waals surface area contributed by atoms with Crippen molar-refractivity contribution in [3.8, 4) is 5.75 Å². The number of nitrogens with zero attached hydrogens (tertiary/aromatic N) is 1. The Labute approximate surface area is 97.5 Å². The second-order valence-corrected chi connectivity index (χ2v) is 3.55. The molecule has 0 aliphatic heterocycles. The molecule has 88 valence electrons. The minimum absolute atomic E-state index is 0.0745. The Hall–Kier alpha value is -2.50. The van der Waals surface area contributed by atoms with Crippen molar-refractivity contribution in [2.75, 3.05) is 11.1 Å². The lowest BCUT2D eigenvalue weighted by molar-refractivity contribution is -0.115. The molecule has 5 N–H and O–H groups in total. The zero-order chi connectivity index (χ0) is 12.3. The predicted octanol–water partition coefficient (Wildman–Crippen LogP) is 0.879. The maximum atomic E-state index is 11.7. The van der Waals surface area contributed by atoms with Crippen LogP contribution < -0.4 is 11.1 Å². The molecule has 17 heavy (non-hydrogen) atoms. The van der Waals surface area contributed by atoms with Gasteiger partial charge in [-0.25, -0.2) is 0 Å². The Morgan fingerprint density at radius 2 is 2.24 bits per heavy atom. The standard InChI is InChI=1S/C11H12N4O2/c12-8-6-13-15-11(8)14-10(17)5-7-3-1-2-4-9(7)16/h1-4,6,16H,5,12H2,(H2,13,14,15,17). The SMILES string of the molecule is Nc1cn[nH]c1NC(=O)Cc1ccccc1O. The minimum atomic E-state index is -0.276. The number of para-hydroxylation sites is 1. The van der Waals surface area contributed by atoms with Gasteiger partial charge < -0.3 is 16.2 Å². The highest BCUT2D eigenvalue weighted by atomic mass is 16.3. The van der Waals surface area contributed by atoms with E-state index in [9.17, 15) is 9.90 Å². The average molecular weight is 232 g/mol. The van der Waals surface area contributed by atoms with Crippen LogP contribution in [0.15, 0.2) is 30.5 Å². The molecule has 0 unspecified atom stereocenters. The maximum Gasteiger partial charge on any atom is 0.230 e. The number of nitrogens with one attached hydrogen (secondary N) is 2. The van der Waals surface area contributed by atoms with Gasteiger partial charge in [-0.05, 0) is 6.07 Å². The van der Waals surface area contributed by atoms with Gasteiger partial charge in [-0.2, -0.15) is 5.10 Å². The molecule has 1 heterocycles. The fourth-order valence-electron chi connectivity index (χ4n) is 1.41. The number of nitrogen functional groups attached to an aromatic ring is 1. The van der Waals surface area contributed by atoms with Crippen LogP contribution in [0.3, 0.4) is 0 Å². The highest BCUT2D eigenvalue weighted by Gasteiger charge is 2.09.